The zero-order valence-corrected chi connectivity index (χ0v) is 20.4. The summed E-state index contributed by atoms with van der Waals surface area (Å²) in [4.78, 5) is 55.3. The number of likely N-dealkylation sites (tertiary alicyclic amines) is 1. The minimum absolute atomic E-state index is 0.00983. The van der Waals surface area contributed by atoms with Crippen LogP contribution in [0.5, 0.6) is 5.75 Å². The normalized spacial score (nSPS) is 17.4. The molecule has 4 unspecified atom stereocenters. The van der Waals surface area contributed by atoms with E-state index in [1.54, 1.807) is 12.1 Å². The van der Waals surface area contributed by atoms with E-state index in [4.69, 9.17) is 17.2 Å². The number of aliphatic imine (C=N–C) groups is 1. The van der Waals surface area contributed by atoms with Crippen molar-refractivity contribution in [3.63, 3.8) is 0 Å². The molecular formula is C23H35N7O7. The predicted molar refractivity (Wildman–Crippen MR) is 133 cm³/mol. The van der Waals surface area contributed by atoms with Crippen molar-refractivity contribution in [1.82, 2.24) is 15.5 Å². The lowest BCUT2D eigenvalue weighted by Gasteiger charge is -2.28. The molecule has 0 aromatic heterocycles. The van der Waals surface area contributed by atoms with Gasteiger partial charge in [0.1, 0.15) is 23.9 Å². The first-order valence-electron chi connectivity index (χ1n) is 11.9. The number of guanidine groups is 1. The summed E-state index contributed by atoms with van der Waals surface area (Å²) in [5.41, 5.74) is 16.9. The fourth-order valence-corrected chi connectivity index (χ4v) is 3.95. The number of aliphatic carboxylic acids is 1. The lowest BCUT2D eigenvalue weighted by Crippen LogP contribution is -2.58. The third-order valence-corrected chi connectivity index (χ3v) is 5.93. The Bertz CT molecular complexity index is 982. The van der Waals surface area contributed by atoms with Crippen molar-refractivity contribution < 1.29 is 34.5 Å². The number of aromatic hydroxyl groups is 1. The Labute approximate surface area is 213 Å². The van der Waals surface area contributed by atoms with Crippen LogP contribution < -0.4 is 27.8 Å². The van der Waals surface area contributed by atoms with Crippen molar-refractivity contribution >= 4 is 29.7 Å². The molecule has 0 radical (unpaired) electrons. The third-order valence-electron chi connectivity index (χ3n) is 5.93. The number of carboxylic acids is 1. The highest BCUT2D eigenvalue weighted by Crippen LogP contribution is 2.20. The Kier molecular flexibility index (Phi) is 11.1. The minimum atomic E-state index is -1.40. The van der Waals surface area contributed by atoms with E-state index in [1.165, 1.54) is 17.0 Å². The largest absolute Gasteiger partial charge is 0.508 e. The molecule has 14 heteroatoms. The van der Waals surface area contributed by atoms with Gasteiger partial charge in [0.05, 0.1) is 12.6 Å². The Morgan fingerprint density at radius 2 is 1.73 bits per heavy atom. The number of aliphatic hydroxyl groups is 1. The molecular weight excluding hydrogens is 486 g/mol. The summed E-state index contributed by atoms with van der Waals surface area (Å²) in [6, 6.07) is 1.36. The average Bonchev–Trinajstić information content (AvgIpc) is 3.35. The van der Waals surface area contributed by atoms with E-state index in [0.29, 0.717) is 18.4 Å². The summed E-state index contributed by atoms with van der Waals surface area (Å²) in [6.07, 6.45) is 1.41. The lowest BCUT2D eigenvalue weighted by atomic mass is 10.0. The Hall–Kier alpha value is -3.91. The van der Waals surface area contributed by atoms with Crippen LogP contribution in [0.25, 0.3) is 0 Å². The van der Waals surface area contributed by atoms with Gasteiger partial charge in [-0.05, 0) is 43.4 Å². The number of carboxylic acid groups (broad SMARTS) is 1. The number of phenols is 1. The number of nitrogens with one attached hydrogen (secondary N) is 2. The quantitative estimate of drug-likeness (QED) is 0.0760. The zero-order valence-electron chi connectivity index (χ0n) is 20.4. The van der Waals surface area contributed by atoms with Crippen LogP contribution in [0.1, 0.15) is 31.2 Å². The van der Waals surface area contributed by atoms with Crippen LogP contribution in [0.15, 0.2) is 29.3 Å². The lowest BCUT2D eigenvalue weighted by molar-refractivity contribution is -0.149. The van der Waals surface area contributed by atoms with Crippen LogP contribution in [0.3, 0.4) is 0 Å². The minimum Gasteiger partial charge on any atom is -0.508 e. The molecule has 0 aliphatic carbocycles. The maximum absolute atomic E-state index is 13.3. The molecule has 1 fully saturated rings. The number of carbonyl (C=O) groups excluding carboxylic acids is 3. The van der Waals surface area contributed by atoms with Crippen LogP contribution in [0.2, 0.25) is 0 Å². The van der Waals surface area contributed by atoms with Gasteiger partial charge in [-0.15, -0.1) is 0 Å². The van der Waals surface area contributed by atoms with Gasteiger partial charge in [-0.2, -0.15) is 0 Å². The average molecular weight is 522 g/mol. The maximum Gasteiger partial charge on any atom is 0.326 e. The van der Waals surface area contributed by atoms with Crippen LogP contribution in [0.4, 0.5) is 0 Å². The summed E-state index contributed by atoms with van der Waals surface area (Å²) < 4.78 is 0. The van der Waals surface area contributed by atoms with Gasteiger partial charge in [0, 0.05) is 19.5 Å². The fraction of sp³-hybridized carbons (Fsp3) is 0.522. The second-order valence-corrected chi connectivity index (χ2v) is 8.76. The van der Waals surface area contributed by atoms with E-state index in [9.17, 15) is 34.5 Å². The summed E-state index contributed by atoms with van der Waals surface area (Å²) in [5, 5.41) is 33.6. The van der Waals surface area contributed by atoms with Gasteiger partial charge >= 0.3 is 5.97 Å². The first-order chi connectivity index (χ1) is 17.5. The second kappa shape index (κ2) is 14.0. The van der Waals surface area contributed by atoms with E-state index in [-0.39, 0.29) is 44.1 Å². The van der Waals surface area contributed by atoms with Gasteiger partial charge < -0.3 is 48.1 Å². The number of nitrogens with zero attached hydrogens (tertiary/aromatic N) is 2. The van der Waals surface area contributed by atoms with Gasteiger partial charge in [0.15, 0.2) is 5.96 Å². The molecule has 204 valence electrons. The number of aliphatic hydroxyl groups excluding tert-OH is 1. The van der Waals surface area contributed by atoms with Crippen molar-refractivity contribution in [1.29, 1.82) is 0 Å². The monoisotopic (exact) mass is 521 g/mol. The van der Waals surface area contributed by atoms with Gasteiger partial charge in [-0.25, -0.2) is 4.79 Å². The second-order valence-electron chi connectivity index (χ2n) is 8.76. The number of hydrogen-bond acceptors (Lipinski definition) is 8. The molecule has 2 rings (SSSR count). The standard InChI is InChI=1S/C23H35N7O7/c24-15(3-1-9-27-23(25)26)19(33)29-17(12-31)20(34)28-16(11-13-5-7-14(32)8-6-13)21(35)30-10-2-4-18(30)22(36)37/h5-8,15-18,31-32H,1-4,9-12,24H2,(H,28,34)(H,29,33)(H,36,37)(H4,25,26,27). The van der Waals surface area contributed by atoms with Crippen molar-refractivity contribution in [2.45, 2.75) is 56.3 Å². The highest BCUT2D eigenvalue weighted by Gasteiger charge is 2.38. The summed E-state index contributed by atoms with van der Waals surface area (Å²) in [7, 11) is 0. The van der Waals surface area contributed by atoms with Crippen molar-refractivity contribution in [3.05, 3.63) is 29.8 Å². The highest BCUT2D eigenvalue weighted by molar-refractivity contribution is 5.94. The van der Waals surface area contributed by atoms with Crippen LogP contribution >= 0.6 is 0 Å². The molecule has 1 heterocycles. The maximum atomic E-state index is 13.3. The van der Waals surface area contributed by atoms with Crippen LogP contribution in [-0.2, 0) is 25.6 Å². The molecule has 1 aromatic carbocycles. The summed E-state index contributed by atoms with van der Waals surface area (Å²) in [6.45, 7) is -0.283. The van der Waals surface area contributed by atoms with E-state index >= 15 is 0 Å². The molecule has 11 N–H and O–H groups in total. The molecule has 4 atom stereocenters. The molecule has 0 spiro atoms. The molecule has 3 amide bonds. The smallest absolute Gasteiger partial charge is 0.326 e. The number of benzene rings is 1. The van der Waals surface area contributed by atoms with E-state index < -0.39 is 54.5 Å². The number of rotatable bonds is 13. The summed E-state index contributed by atoms with van der Waals surface area (Å²) in [5.74, 6) is -3.35. The van der Waals surface area contributed by atoms with E-state index in [2.05, 4.69) is 15.6 Å². The van der Waals surface area contributed by atoms with Gasteiger partial charge in [0.2, 0.25) is 17.7 Å². The fourth-order valence-electron chi connectivity index (χ4n) is 3.95. The Balaban J connectivity index is 2.11. The van der Waals surface area contributed by atoms with Crippen LogP contribution in [0, 0.1) is 0 Å². The molecule has 0 saturated carbocycles. The number of phenolic OH excluding ortho intramolecular Hbond substituents is 1. The first kappa shape index (κ1) is 29.3. The molecule has 0 bridgehead atoms. The number of hydrogen-bond donors (Lipinski definition) is 8. The van der Waals surface area contributed by atoms with Crippen molar-refractivity contribution in [2.24, 2.45) is 22.2 Å². The SMILES string of the molecule is NC(N)=NCCCC(N)C(=O)NC(CO)C(=O)NC(Cc1ccc(O)cc1)C(=O)N1CCCC1C(=O)O. The van der Waals surface area contributed by atoms with Crippen molar-refractivity contribution in [2.75, 3.05) is 19.7 Å². The van der Waals surface area contributed by atoms with E-state index in [0.717, 1.165) is 0 Å². The molecule has 14 nitrogen and oxygen atoms in total. The molecule has 37 heavy (non-hydrogen) atoms. The first-order valence-corrected chi connectivity index (χ1v) is 11.9. The van der Waals surface area contributed by atoms with Gasteiger partial charge in [-0.3, -0.25) is 19.4 Å². The Morgan fingerprint density at radius 1 is 1.08 bits per heavy atom. The number of amides is 3. The van der Waals surface area contributed by atoms with Gasteiger partial charge in [-0.1, -0.05) is 12.1 Å². The number of carbonyl (C=O) groups is 4. The third kappa shape index (κ3) is 8.91. The molecule has 1 aromatic rings. The molecule has 1 aliphatic heterocycles. The van der Waals surface area contributed by atoms with Gasteiger partial charge in [0.25, 0.3) is 0 Å². The topological polar surface area (TPSA) is 247 Å². The number of nitrogens with two attached hydrogens (primary N) is 3. The molecule has 1 saturated heterocycles. The van der Waals surface area contributed by atoms with Crippen molar-refractivity contribution in [3.8, 4) is 5.75 Å². The zero-order chi connectivity index (χ0) is 27.5. The summed E-state index contributed by atoms with van der Waals surface area (Å²) >= 11 is 0. The van der Waals surface area contributed by atoms with E-state index in [1.807, 2.05) is 0 Å². The predicted octanol–water partition coefficient (Wildman–Crippen LogP) is -2.65. The molecule has 1 aliphatic rings. The highest BCUT2D eigenvalue weighted by atomic mass is 16.4. The Morgan fingerprint density at radius 3 is 2.32 bits per heavy atom. The van der Waals surface area contributed by atoms with Crippen LogP contribution in [-0.4, -0.2) is 93.7 Å².